The first kappa shape index (κ1) is 17.9. The maximum atomic E-state index is 12.1. The highest BCUT2D eigenvalue weighted by molar-refractivity contribution is 14.1. The van der Waals surface area contributed by atoms with E-state index in [2.05, 4.69) is 32.6 Å². The molecule has 0 saturated carbocycles. The molecule has 0 bridgehead atoms. The van der Waals surface area contributed by atoms with E-state index in [-0.39, 0.29) is 30.9 Å². The number of nitrogens with one attached hydrogen (secondary N) is 1. The number of benzene rings is 1. The topological polar surface area (TPSA) is 58.6 Å². The van der Waals surface area contributed by atoms with Gasteiger partial charge in [0.1, 0.15) is 0 Å². The second-order valence-corrected chi connectivity index (χ2v) is 6.19. The molecule has 0 heterocycles. The fraction of sp³-hybridized carbons (Fsp3) is 0.467. The van der Waals surface area contributed by atoms with E-state index in [1.165, 1.54) is 7.11 Å². The predicted octanol–water partition coefficient (Wildman–Crippen LogP) is 2.50. The molecular formula is C15H21IN2O3. The lowest BCUT2D eigenvalue weighted by Gasteiger charge is -2.25. The Morgan fingerprint density at radius 2 is 1.90 bits per heavy atom. The van der Waals surface area contributed by atoms with Gasteiger partial charge in [-0.2, -0.15) is 0 Å². The first-order chi connectivity index (χ1) is 9.92. The molecule has 1 rings (SSSR count). The molecule has 0 aliphatic carbocycles. The van der Waals surface area contributed by atoms with Crippen molar-refractivity contribution in [1.82, 2.24) is 4.90 Å². The lowest BCUT2D eigenvalue weighted by Crippen LogP contribution is -2.39. The molecule has 0 unspecified atom stereocenters. The standard InChI is InChI=1S/C15H21IN2O3/c1-11(2)18(9-8-15(20)21-3)10-14(19)17-13-6-4-12(16)5-7-13/h4-7,11H,8-10H2,1-3H3,(H,17,19). The summed E-state index contributed by atoms with van der Waals surface area (Å²) in [5.41, 5.74) is 0.775. The van der Waals surface area contributed by atoms with Crippen LogP contribution in [0.1, 0.15) is 20.3 Å². The molecule has 0 fully saturated rings. The van der Waals surface area contributed by atoms with Gasteiger partial charge in [0.25, 0.3) is 0 Å². The zero-order valence-corrected chi connectivity index (χ0v) is 14.7. The number of amides is 1. The molecule has 1 aromatic rings. The summed E-state index contributed by atoms with van der Waals surface area (Å²) in [4.78, 5) is 25.2. The van der Waals surface area contributed by atoms with Crippen LogP contribution in [0.25, 0.3) is 0 Å². The number of anilines is 1. The number of halogens is 1. The SMILES string of the molecule is COC(=O)CCN(CC(=O)Nc1ccc(I)cc1)C(C)C. The van der Waals surface area contributed by atoms with Crippen LogP contribution in [0.2, 0.25) is 0 Å². The predicted molar refractivity (Wildman–Crippen MR) is 91.1 cm³/mol. The van der Waals surface area contributed by atoms with Crippen LogP contribution in [-0.2, 0) is 14.3 Å². The van der Waals surface area contributed by atoms with E-state index in [9.17, 15) is 9.59 Å². The molecule has 21 heavy (non-hydrogen) atoms. The van der Waals surface area contributed by atoms with E-state index in [0.717, 1.165) is 9.26 Å². The molecule has 0 aliphatic rings. The number of methoxy groups -OCH3 is 1. The number of rotatable bonds is 7. The number of nitrogens with zero attached hydrogens (tertiary/aromatic N) is 1. The minimum atomic E-state index is -0.265. The molecule has 0 aliphatic heterocycles. The van der Waals surface area contributed by atoms with Crippen molar-refractivity contribution in [2.24, 2.45) is 0 Å². The van der Waals surface area contributed by atoms with Crippen LogP contribution in [0.3, 0.4) is 0 Å². The third kappa shape index (κ3) is 6.90. The minimum absolute atomic E-state index is 0.0882. The summed E-state index contributed by atoms with van der Waals surface area (Å²) in [6.45, 7) is 4.75. The first-order valence-electron chi connectivity index (χ1n) is 6.78. The summed E-state index contributed by atoms with van der Waals surface area (Å²) >= 11 is 2.21. The van der Waals surface area contributed by atoms with Crippen molar-refractivity contribution in [2.75, 3.05) is 25.5 Å². The summed E-state index contributed by atoms with van der Waals surface area (Å²) in [5, 5.41) is 2.86. The van der Waals surface area contributed by atoms with Gasteiger partial charge in [-0.15, -0.1) is 0 Å². The summed E-state index contributed by atoms with van der Waals surface area (Å²) in [7, 11) is 1.37. The number of hydrogen-bond acceptors (Lipinski definition) is 4. The van der Waals surface area contributed by atoms with Crippen molar-refractivity contribution in [3.8, 4) is 0 Å². The third-order valence-corrected chi connectivity index (χ3v) is 3.75. The van der Waals surface area contributed by atoms with Crippen LogP contribution >= 0.6 is 22.6 Å². The van der Waals surface area contributed by atoms with Crippen LogP contribution in [0.4, 0.5) is 5.69 Å². The van der Waals surface area contributed by atoms with Crippen molar-refractivity contribution in [2.45, 2.75) is 26.3 Å². The van der Waals surface area contributed by atoms with Gasteiger partial charge in [-0.3, -0.25) is 14.5 Å². The Kier molecular flexibility index (Phi) is 7.66. The fourth-order valence-corrected chi connectivity index (χ4v) is 2.13. The lowest BCUT2D eigenvalue weighted by molar-refractivity contribution is -0.141. The van der Waals surface area contributed by atoms with Crippen LogP contribution in [-0.4, -0.2) is 43.0 Å². The van der Waals surface area contributed by atoms with Gasteiger partial charge in [-0.05, 0) is 60.7 Å². The average Bonchev–Trinajstić information content (AvgIpc) is 2.45. The molecule has 116 valence electrons. The Hall–Kier alpha value is -1.15. The lowest BCUT2D eigenvalue weighted by atomic mass is 10.2. The van der Waals surface area contributed by atoms with Crippen LogP contribution in [0.15, 0.2) is 24.3 Å². The van der Waals surface area contributed by atoms with E-state index < -0.39 is 0 Å². The molecule has 6 heteroatoms. The van der Waals surface area contributed by atoms with Crippen molar-refractivity contribution in [1.29, 1.82) is 0 Å². The van der Waals surface area contributed by atoms with Crippen molar-refractivity contribution in [3.63, 3.8) is 0 Å². The quantitative estimate of drug-likeness (QED) is 0.561. The van der Waals surface area contributed by atoms with E-state index in [4.69, 9.17) is 0 Å². The summed E-state index contributed by atoms with van der Waals surface area (Å²) in [6.07, 6.45) is 0.283. The van der Waals surface area contributed by atoms with Crippen molar-refractivity contribution >= 4 is 40.2 Å². The van der Waals surface area contributed by atoms with Crippen molar-refractivity contribution < 1.29 is 14.3 Å². The first-order valence-corrected chi connectivity index (χ1v) is 7.86. The minimum Gasteiger partial charge on any atom is -0.469 e. The number of carbonyl (C=O) groups excluding carboxylic acids is 2. The fourth-order valence-electron chi connectivity index (χ4n) is 1.77. The van der Waals surface area contributed by atoms with Crippen LogP contribution < -0.4 is 5.32 Å². The Morgan fingerprint density at radius 3 is 2.43 bits per heavy atom. The molecule has 0 spiro atoms. The molecular weight excluding hydrogens is 383 g/mol. The molecule has 0 saturated heterocycles. The molecule has 1 amide bonds. The highest BCUT2D eigenvalue weighted by Crippen LogP contribution is 2.11. The van der Waals surface area contributed by atoms with Crippen molar-refractivity contribution in [3.05, 3.63) is 27.8 Å². The third-order valence-electron chi connectivity index (χ3n) is 3.04. The zero-order chi connectivity index (χ0) is 15.8. The van der Waals surface area contributed by atoms with Gasteiger partial charge in [-0.1, -0.05) is 0 Å². The second kappa shape index (κ2) is 8.99. The van der Waals surface area contributed by atoms with Crippen LogP contribution in [0, 0.1) is 3.57 Å². The molecule has 1 aromatic carbocycles. The number of esters is 1. The van der Waals surface area contributed by atoms with Gasteiger partial charge in [0.2, 0.25) is 5.91 Å². The summed E-state index contributed by atoms with van der Waals surface area (Å²) in [5.74, 6) is -0.353. The normalized spacial score (nSPS) is 10.8. The molecule has 1 N–H and O–H groups in total. The smallest absolute Gasteiger partial charge is 0.306 e. The van der Waals surface area contributed by atoms with Gasteiger partial charge in [0.05, 0.1) is 20.1 Å². The molecule has 0 atom stereocenters. The number of hydrogen-bond donors (Lipinski definition) is 1. The summed E-state index contributed by atoms with van der Waals surface area (Å²) < 4.78 is 5.74. The van der Waals surface area contributed by atoms with E-state index in [0.29, 0.717) is 6.54 Å². The number of carbonyl (C=O) groups is 2. The van der Waals surface area contributed by atoms with Gasteiger partial charge >= 0.3 is 5.97 Å². The van der Waals surface area contributed by atoms with Crippen LogP contribution in [0.5, 0.6) is 0 Å². The molecule has 5 nitrogen and oxygen atoms in total. The van der Waals surface area contributed by atoms with Gasteiger partial charge in [-0.25, -0.2) is 0 Å². The van der Waals surface area contributed by atoms with Gasteiger partial charge in [0, 0.05) is 21.8 Å². The molecule has 0 radical (unpaired) electrons. The summed E-state index contributed by atoms with van der Waals surface area (Å²) in [6, 6.07) is 7.79. The Balaban J connectivity index is 2.52. The van der Waals surface area contributed by atoms with Gasteiger partial charge in [0.15, 0.2) is 0 Å². The molecule has 0 aromatic heterocycles. The largest absolute Gasteiger partial charge is 0.469 e. The highest BCUT2D eigenvalue weighted by Gasteiger charge is 2.15. The average molecular weight is 404 g/mol. The maximum Gasteiger partial charge on any atom is 0.306 e. The van der Waals surface area contributed by atoms with E-state index >= 15 is 0 Å². The zero-order valence-electron chi connectivity index (χ0n) is 12.6. The Bertz CT molecular complexity index is 474. The highest BCUT2D eigenvalue weighted by atomic mass is 127. The Morgan fingerprint density at radius 1 is 1.29 bits per heavy atom. The van der Waals surface area contributed by atoms with E-state index in [1.807, 2.05) is 43.0 Å². The van der Waals surface area contributed by atoms with Gasteiger partial charge < -0.3 is 10.1 Å². The number of ether oxygens (including phenoxy) is 1. The maximum absolute atomic E-state index is 12.1. The Labute approximate surface area is 139 Å². The van der Waals surface area contributed by atoms with E-state index in [1.54, 1.807) is 0 Å². The monoisotopic (exact) mass is 404 g/mol. The second-order valence-electron chi connectivity index (χ2n) is 4.95.